The molecule has 0 unspecified atom stereocenters. The molecule has 0 spiro atoms. The third-order valence-electron chi connectivity index (χ3n) is 3.74. The van der Waals surface area contributed by atoms with Gasteiger partial charge in [0.25, 0.3) is 11.5 Å². The van der Waals surface area contributed by atoms with Gasteiger partial charge in [-0.1, -0.05) is 18.2 Å². The molecule has 2 aromatic rings. The molecule has 3 rings (SSSR count). The SMILES string of the molecule is CCOC(=O)[C@]1(O)C(=O)NCCc2c1[nH]c1ccccc21. The van der Waals surface area contributed by atoms with Crippen LogP contribution in [0.15, 0.2) is 24.3 Å². The lowest BCUT2D eigenvalue weighted by Crippen LogP contribution is -2.50. The minimum atomic E-state index is -2.33. The average molecular weight is 288 g/mol. The normalized spacial score (nSPS) is 21.5. The number of aliphatic hydroxyl groups is 1. The van der Waals surface area contributed by atoms with Crippen LogP contribution in [0, 0.1) is 0 Å². The first kappa shape index (κ1) is 13.6. The van der Waals surface area contributed by atoms with Gasteiger partial charge in [0, 0.05) is 17.4 Å². The second-order valence-corrected chi connectivity index (χ2v) is 4.96. The average Bonchev–Trinajstić information content (AvgIpc) is 2.80. The molecule has 0 fully saturated rings. The summed E-state index contributed by atoms with van der Waals surface area (Å²) in [5, 5.41) is 14.2. The van der Waals surface area contributed by atoms with E-state index in [1.165, 1.54) is 0 Å². The van der Waals surface area contributed by atoms with Crippen molar-refractivity contribution in [2.24, 2.45) is 0 Å². The molecule has 1 amide bonds. The minimum absolute atomic E-state index is 0.0873. The first-order valence-corrected chi connectivity index (χ1v) is 6.87. The number of carbonyl (C=O) groups is 2. The number of benzene rings is 1. The lowest BCUT2D eigenvalue weighted by Gasteiger charge is -2.22. The molecule has 1 aliphatic rings. The fraction of sp³-hybridized carbons (Fsp3) is 0.333. The molecule has 1 atom stereocenters. The second kappa shape index (κ2) is 4.89. The highest BCUT2D eigenvalue weighted by atomic mass is 16.5. The van der Waals surface area contributed by atoms with E-state index in [-0.39, 0.29) is 12.3 Å². The van der Waals surface area contributed by atoms with Gasteiger partial charge in [0.2, 0.25) is 0 Å². The van der Waals surface area contributed by atoms with Crippen molar-refractivity contribution in [2.75, 3.05) is 13.2 Å². The van der Waals surface area contributed by atoms with Gasteiger partial charge in [0.1, 0.15) is 0 Å². The Hall–Kier alpha value is -2.34. The fourth-order valence-electron chi connectivity index (χ4n) is 2.74. The van der Waals surface area contributed by atoms with E-state index in [0.717, 1.165) is 16.5 Å². The zero-order valence-corrected chi connectivity index (χ0v) is 11.6. The Bertz CT molecular complexity index is 722. The summed E-state index contributed by atoms with van der Waals surface area (Å²) in [6.45, 7) is 2.07. The first-order chi connectivity index (χ1) is 10.1. The van der Waals surface area contributed by atoms with Crippen molar-refractivity contribution >= 4 is 22.8 Å². The van der Waals surface area contributed by atoms with Gasteiger partial charge < -0.3 is 20.1 Å². The third-order valence-corrected chi connectivity index (χ3v) is 3.74. The van der Waals surface area contributed by atoms with E-state index in [9.17, 15) is 14.7 Å². The molecule has 1 aliphatic heterocycles. The highest BCUT2D eigenvalue weighted by molar-refractivity contribution is 6.08. The predicted octanol–water partition coefficient (Wildman–Crippen LogP) is 0.591. The van der Waals surface area contributed by atoms with E-state index in [1.54, 1.807) is 6.92 Å². The van der Waals surface area contributed by atoms with Gasteiger partial charge in [-0.15, -0.1) is 0 Å². The molecule has 0 radical (unpaired) electrons. The molecule has 6 nitrogen and oxygen atoms in total. The number of H-pyrrole nitrogens is 1. The molecule has 6 heteroatoms. The van der Waals surface area contributed by atoms with E-state index in [2.05, 4.69) is 10.3 Å². The van der Waals surface area contributed by atoms with Crippen LogP contribution in [0.3, 0.4) is 0 Å². The fourth-order valence-corrected chi connectivity index (χ4v) is 2.74. The maximum atomic E-state index is 12.2. The lowest BCUT2D eigenvalue weighted by atomic mass is 9.94. The summed E-state index contributed by atoms with van der Waals surface area (Å²) in [5.41, 5.74) is -0.586. The van der Waals surface area contributed by atoms with Gasteiger partial charge in [-0.3, -0.25) is 4.79 Å². The van der Waals surface area contributed by atoms with Crippen molar-refractivity contribution < 1.29 is 19.4 Å². The van der Waals surface area contributed by atoms with E-state index in [4.69, 9.17) is 4.74 Å². The maximum Gasteiger partial charge on any atom is 0.354 e. The molecule has 0 saturated heterocycles. The number of amides is 1. The van der Waals surface area contributed by atoms with Crippen LogP contribution >= 0.6 is 0 Å². The molecule has 1 aromatic carbocycles. The monoisotopic (exact) mass is 288 g/mol. The number of fused-ring (bicyclic) bond motifs is 3. The number of ether oxygens (including phenoxy) is 1. The number of hydrogen-bond donors (Lipinski definition) is 3. The van der Waals surface area contributed by atoms with Crippen molar-refractivity contribution in [1.82, 2.24) is 10.3 Å². The van der Waals surface area contributed by atoms with Gasteiger partial charge in [-0.25, -0.2) is 4.79 Å². The van der Waals surface area contributed by atoms with E-state index in [0.29, 0.717) is 13.0 Å². The number of rotatable bonds is 2. The zero-order chi connectivity index (χ0) is 15.0. The van der Waals surface area contributed by atoms with Crippen LogP contribution in [-0.2, 0) is 26.3 Å². The number of aromatic nitrogens is 1. The summed E-state index contributed by atoms with van der Waals surface area (Å²) >= 11 is 0. The number of esters is 1. The van der Waals surface area contributed by atoms with Gasteiger partial charge in [-0.2, -0.15) is 0 Å². The van der Waals surface area contributed by atoms with Gasteiger partial charge in [-0.05, 0) is 25.0 Å². The second-order valence-electron chi connectivity index (χ2n) is 4.96. The molecular formula is C15H16N2O4. The number of carbonyl (C=O) groups excluding carboxylic acids is 2. The molecule has 0 saturated carbocycles. The molecule has 0 aliphatic carbocycles. The van der Waals surface area contributed by atoms with E-state index < -0.39 is 17.5 Å². The number of aromatic amines is 1. The summed E-state index contributed by atoms with van der Waals surface area (Å²) in [4.78, 5) is 27.4. The minimum Gasteiger partial charge on any atom is -0.463 e. The summed E-state index contributed by atoms with van der Waals surface area (Å²) in [6.07, 6.45) is 0.535. The van der Waals surface area contributed by atoms with Gasteiger partial charge >= 0.3 is 5.97 Å². The molecular weight excluding hydrogens is 272 g/mol. The Morgan fingerprint density at radius 1 is 1.43 bits per heavy atom. The van der Waals surface area contributed by atoms with Crippen LogP contribution in [0.5, 0.6) is 0 Å². The van der Waals surface area contributed by atoms with Crippen LogP contribution < -0.4 is 5.32 Å². The number of hydrogen-bond acceptors (Lipinski definition) is 4. The van der Waals surface area contributed by atoms with Crippen LogP contribution in [0.1, 0.15) is 18.2 Å². The summed E-state index contributed by atoms with van der Waals surface area (Å²) in [6, 6.07) is 7.46. The first-order valence-electron chi connectivity index (χ1n) is 6.87. The highest BCUT2D eigenvalue weighted by Crippen LogP contribution is 2.33. The van der Waals surface area contributed by atoms with Crippen molar-refractivity contribution in [3.8, 4) is 0 Å². The van der Waals surface area contributed by atoms with Crippen molar-refractivity contribution in [2.45, 2.75) is 18.9 Å². The van der Waals surface area contributed by atoms with E-state index in [1.807, 2.05) is 24.3 Å². The largest absolute Gasteiger partial charge is 0.463 e. The van der Waals surface area contributed by atoms with Crippen molar-refractivity contribution in [1.29, 1.82) is 0 Å². The van der Waals surface area contributed by atoms with E-state index >= 15 is 0 Å². The Morgan fingerprint density at radius 2 is 2.19 bits per heavy atom. The topological polar surface area (TPSA) is 91.4 Å². The van der Waals surface area contributed by atoms with Crippen LogP contribution in [-0.4, -0.2) is 35.1 Å². The standard InChI is InChI=1S/C15H16N2O4/c1-2-21-14(19)15(20)12-10(7-8-16-13(15)18)9-5-3-4-6-11(9)17-12/h3-6,17,20H,2,7-8H2,1H3,(H,16,18)/t15-/m1/s1. The molecule has 21 heavy (non-hydrogen) atoms. The quantitative estimate of drug-likeness (QED) is 0.557. The van der Waals surface area contributed by atoms with Gasteiger partial charge in [0.15, 0.2) is 0 Å². The molecule has 110 valence electrons. The molecule has 2 heterocycles. The van der Waals surface area contributed by atoms with Crippen LogP contribution in [0.25, 0.3) is 10.9 Å². The molecule has 1 aromatic heterocycles. The third kappa shape index (κ3) is 1.91. The Labute approximate surface area is 121 Å². The number of para-hydroxylation sites is 1. The lowest BCUT2D eigenvalue weighted by molar-refractivity contribution is -0.172. The Balaban J connectivity index is 2.25. The number of nitrogens with one attached hydrogen (secondary N) is 2. The molecule has 3 N–H and O–H groups in total. The highest BCUT2D eigenvalue weighted by Gasteiger charge is 2.51. The maximum absolute atomic E-state index is 12.2. The zero-order valence-electron chi connectivity index (χ0n) is 11.6. The van der Waals surface area contributed by atoms with Crippen molar-refractivity contribution in [3.63, 3.8) is 0 Å². The van der Waals surface area contributed by atoms with Crippen LogP contribution in [0.4, 0.5) is 0 Å². The van der Waals surface area contributed by atoms with Crippen LogP contribution in [0.2, 0.25) is 0 Å². The Morgan fingerprint density at radius 3 is 2.95 bits per heavy atom. The predicted molar refractivity (Wildman–Crippen MR) is 75.5 cm³/mol. The Kier molecular flexibility index (Phi) is 3.17. The smallest absolute Gasteiger partial charge is 0.354 e. The summed E-state index contributed by atoms with van der Waals surface area (Å²) < 4.78 is 4.89. The van der Waals surface area contributed by atoms with Crippen molar-refractivity contribution in [3.05, 3.63) is 35.5 Å². The van der Waals surface area contributed by atoms with Gasteiger partial charge in [0.05, 0.1) is 12.3 Å². The summed E-state index contributed by atoms with van der Waals surface area (Å²) in [7, 11) is 0. The summed E-state index contributed by atoms with van der Waals surface area (Å²) in [5.74, 6) is -1.72. The molecule has 0 bridgehead atoms.